The molecule has 0 fully saturated rings. The van der Waals surface area contributed by atoms with Crippen LogP contribution in [0.15, 0.2) is 66.9 Å². The summed E-state index contributed by atoms with van der Waals surface area (Å²) >= 11 is 0. The van der Waals surface area contributed by atoms with E-state index in [1.807, 2.05) is 61.5 Å². The monoisotopic (exact) mass is 331 g/mol. The summed E-state index contributed by atoms with van der Waals surface area (Å²) in [6, 6.07) is 19.3. The number of nitrogens with one attached hydrogen (secondary N) is 2. The van der Waals surface area contributed by atoms with Crippen molar-refractivity contribution in [3.63, 3.8) is 0 Å². The summed E-state index contributed by atoms with van der Waals surface area (Å²) < 4.78 is 0. The first-order chi connectivity index (χ1) is 12.2. The highest BCUT2D eigenvalue weighted by Crippen LogP contribution is 2.21. The van der Waals surface area contributed by atoms with Crippen molar-refractivity contribution in [3.8, 4) is 0 Å². The fourth-order valence-electron chi connectivity index (χ4n) is 2.54. The number of carbonyl (C=O) groups is 1. The van der Waals surface area contributed by atoms with E-state index in [9.17, 15) is 4.79 Å². The van der Waals surface area contributed by atoms with Gasteiger partial charge in [-0.05, 0) is 49.2 Å². The van der Waals surface area contributed by atoms with E-state index in [0.717, 1.165) is 23.5 Å². The lowest BCUT2D eigenvalue weighted by Crippen LogP contribution is -2.12. The van der Waals surface area contributed by atoms with E-state index in [1.165, 1.54) is 5.56 Å². The van der Waals surface area contributed by atoms with Crippen molar-refractivity contribution >= 4 is 23.1 Å². The molecule has 0 radical (unpaired) electrons. The van der Waals surface area contributed by atoms with Crippen LogP contribution in [0.5, 0.6) is 0 Å². The van der Waals surface area contributed by atoms with Crippen molar-refractivity contribution in [1.82, 2.24) is 4.98 Å². The highest BCUT2D eigenvalue weighted by atomic mass is 16.1. The van der Waals surface area contributed by atoms with Crippen LogP contribution in [0.4, 0.5) is 17.2 Å². The molecule has 0 unspecified atom stereocenters. The van der Waals surface area contributed by atoms with Crippen molar-refractivity contribution in [2.75, 3.05) is 10.6 Å². The maximum absolute atomic E-state index is 12.2. The molecular weight excluding hydrogens is 310 g/mol. The molecule has 0 bridgehead atoms. The van der Waals surface area contributed by atoms with E-state index in [4.69, 9.17) is 0 Å². The standard InChI is InChI=1S/C21H21N3O/c1-3-16-6-4-5-7-19(16)24-20-13-12-18(14-22-20)23-21(25)17-10-8-15(2)9-11-17/h4-14H,3H2,1-2H3,(H,22,24)(H,23,25). The van der Waals surface area contributed by atoms with Crippen LogP contribution >= 0.6 is 0 Å². The quantitative estimate of drug-likeness (QED) is 0.695. The zero-order valence-electron chi connectivity index (χ0n) is 14.4. The molecule has 0 saturated heterocycles. The van der Waals surface area contributed by atoms with Crippen molar-refractivity contribution < 1.29 is 4.79 Å². The summed E-state index contributed by atoms with van der Waals surface area (Å²) in [6.45, 7) is 4.12. The Morgan fingerprint density at radius 2 is 1.76 bits per heavy atom. The van der Waals surface area contributed by atoms with Gasteiger partial charge in [-0.25, -0.2) is 4.98 Å². The topological polar surface area (TPSA) is 54.0 Å². The first-order valence-corrected chi connectivity index (χ1v) is 8.34. The molecule has 25 heavy (non-hydrogen) atoms. The maximum Gasteiger partial charge on any atom is 0.255 e. The van der Waals surface area contributed by atoms with Crippen LogP contribution in [0, 0.1) is 6.92 Å². The fraction of sp³-hybridized carbons (Fsp3) is 0.143. The highest BCUT2D eigenvalue weighted by molar-refractivity contribution is 6.04. The summed E-state index contributed by atoms with van der Waals surface area (Å²) in [4.78, 5) is 16.6. The van der Waals surface area contributed by atoms with Crippen LogP contribution in [0.25, 0.3) is 0 Å². The second kappa shape index (κ2) is 7.62. The zero-order chi connectivity index (χ0) is 17.6. The number of hydrogen-bond donors (Lipinski definition) is 2. The molecule has 0 spiro atoms. The molecule has 0 aliphatic carbocycles. The number of anilines is 3. The van der Waals surface area contributed by atoms with E-state index >= 15 is 0 Å². The van der Waals surface area contributed by atoms with Crippen LogP contribution in [0.2, 0.25) is 0 Å². The van der Waals surface area contributed by atoms with Gasteiger partial charge in [0.2, 0.25) is 0 Å². The van der Waals surface area contributed by atoms with E-state index < -0.39 is 0 Å². The Morgan fingerprint density at radius 1 is 1.00 bits per heavy atom. The summed E-state index contributed by atoms with van der Waals surface area (Å²) in [5, 5.41) is 6.18. The van der Waals surface area contributed by atoms with Gasteiger partial charge in [-0.2, -0.15) is 0 Å². The lowest BCUT2D eigenvalue weighted by atomic mass is 10.1. The molecule has 2 N–H and O–H groups in total. The normalized spacial score (nSPS) is 10.3. The highest BCUT2D eigenvalue weighted by Gasteiger charge is 2.06. The Balaban J connectivity index is 1.68. The number of para-hydroxylation sites is 1. The van der Waals surface area contributed by atoms with Crippen LogP contribution < -0.4 is 10.6 Å². The second-order valence-electron chi connectivity index (χ2n) is 5.89. The predicted molar refractivity (Wildman–Crippen MR) is 102 cm³/mol. The zero-order valence-corrected chi connectivity index (χ0v) is 14.4. The number of benzene rings is 2. The Bertz CT molecular complexity index is 855. The van der Waals surface area contributed by atoms with Gasteiger partial charge in [0.05, 0.1) is 11.9 Å². The smallest absolute Gasteiger partial charge is 0.255 e. The molecule has 1 heterocycles. The summed E-state index contributed by atoms with van der Waals surface area (Å²) in [5.74, 6) is 0.605. The van der Waals surface area contributed by atoms with Crippen LogP contribution in [-0.2, 0) is 6.42 Å². The van der Waals surface area contributed by atoms with Gasteiger partial charge >= 0.3 is 0 Å². The van der Waals surface area contributed by atoms with Gasteiger partial charge in [0.1, 0.15) is 5.82 Å². The number of aryl methyl sites for hydroxylation is 2. The first kappa shape index (κ1) is 16.7. The fourth-order valence-corrected chi connectivity index (χ4v) is 2.54. The molecule has 3 aromatic rings. The van der Waals surface area contributed by atoms with Crippen LogP contribution in [0.1, 0.15) is 28.4 Å². The number of hydrogen-bond acceptors (Lipinski definition) is 3. The Morgan fingerprint density at radius 3 is 2.44 bits per heavy atom. The van der Waals surface area contributed by atoms with Gasteiger partial charge in [-0.1, -0.05) is 42.8 Å². The van der Waals surface area contributed by atoms with Gasteiger partial charge in [0, 0.05) is 11.3 Å². The number of amides is 1. The number of aromatic nitrogens is 1. The molecule has 1 amide bonds. The van der Waals surface area contributed by atoms with Gasteiger partial charge in [0.15, 0.2) is 0 Å². The van der Waals surface area contributed by atoms with Crippen LogP contribution in [0.3, 0.4) is 0 Å². The molecule has 0 saturated carbocycles. The Hall–Kier alpha value is -3.14. The predicted octanol–water partition coefficient (Wildman–Crippen LogP) is 4.95. The third kappa shape index (κ3) is 4.23. The minimum absolute atomic E-state index is 0.140. The number of carbonyl (C=O) groups excluding carboxylic acids is 1. The maximum atomic E-state index is 12.2. The molecule has 0 aliphatic rings. The molecular formula is C21H21N3O. The lowest BCUT2D eigenvalue weighted by molar-refractivity contribution is 0.102. The number of pyridine rings is 1. The minimum Gasteiger partial charge on any atom is -0.340 e. The van der Waals surface area contributed by atoms with Crippen molar-refractivity contribution in [2.24, 2.45) is 0 Å². The van der Waals surface area contributed by atoms with Gasteiger partial charge in [-0.15, -0.1) is 0 Å². The molecule has 2 aromatic carbocycles. The van der Waals surface area contributed by atoms with Crippen LogP contribution in [-0.4, -0.2) is 10.9 Å². The largest absolute Gasteiger partial charge is 0.340 e. The lowest BCUT2D eigenvalue weighted by Gasteiger charge is -2.11. The molecule has 4 heteroatoms. The molecule has 126 valence electrons. The average molecular weight is 331 g/mol. The molecule has 0 atom stereocenters. The minimum atomic E-state index is -0.140. The summed E-state index contributed by atoms with van der Waals surface area (Å²) in [6.07, 6.45) is 2.61. The molecule has 1 aromatic heterocycles. The summed E-state index contributed by atoms with van der Waals surface area (Å²) in [7, 11) is 0. The van der Waals surface area contributed by atoms with Crippen molar-refractivity contribution in [2.45, 2.75) is 20.3 Å². The third-order valence-electron chi connectivity index (χ3n) is 4.00. The van der Waals surface area contributed by atoms with E-state index in [2.05, 4.69) is 28.6 Å². The molecule has 4 nitrogen and oxygen atoms in total. The van der Waals surface area contributed by atoms with E-state index in [-0.39, 0.29) is 5.91 Å². The van der Waals surface area contributed by atoms with Gasteiger partial charge < -0.3 is 10.6 Å². The average Bonchev–Trinajstić information content (AvgIpc) is 2.64. The van der Waals surface area contributed by atoms with Gasteiger partial charge in [-0.3, -0.25) is 4.79 Å². The number of rotatable bonds is 5. The van der Waals surface area contributed by atoms with E-state index in [0.29, 0.717) is 11.3 Å². The van der Waals surface area contributed by atoms with Gasteiger partial charge in [0.25, 0.3) is 5.91 Å². The van der Waals surface area contributed by atoms with Crippen molar-refractivity contribution in [1.29, 1.82) is 0 Å². The first-order valence-electron chi connectivity index (χ1n) is 8.34. The molecule has 3 rings (SSSR count). The summed E-state index contributed by atoms with van der Waals surface area (Å²) in [5.41, 5.74) is 4.71. The van der Waals surface area contributed by atoms with Crippen molar-refractivity contribution in [3.05, 3.63) is 83.6 Å². The Labute approximate surface area is 147 Å². The second-order valence-corrected chi connectivity index (χ2v) is 5.89. The van der Waals surface area contributed by atoms with E-state index in [1.54, 1.807) is 6.20 Å². The number of nitrogens with zero attached hydrogens (tertiary/aromatic N) is 1. The molecule has 0 aliphatic heterocycles. The SMILES string of the molecule is CCc1ccccc1Nc1ccc(NC(=O)c2ccc(C)cc2)cn1. The third-order valence-corrected chi connectivity index (χ3v) is 4.00. The Kier molecular flexibility index (Phi) is 5.09.